The first-order chi connectivity index (χ1) is 16.3. The van der Waals surface area contributed by atoms with Gasteiger partial charge in [0.1, 0.15) is 11.5 Å². The van der Waals surface area contributed by atoms with Crippen molar-refractivity contribution in [2.75, 3.05) is 10.5 Å². The van der Waals surface area contributed by atoms with Gasteiger partial charge in [-0.3, -0.25) is 4.72 Å². The minimum atomic E-state index is -3.42. The lowest BCUT2D eigenvalue weighted by molar-refractivity contribution is 0.379. The van der Waals surface area contributed by atoms with Crippen LogP contribution in [0.1, 0.15) is 67.4 Å². The quantitative estimate of drug-likeness (QED) is 0.405. The third kappa shape index (κ3) is 5.53. The smallest absolute Gasteiger partial charge is 0.343 e. The molecule has 1 heterocycles. The summed E-state index contributed by atoms with van der Waals surface area (Å²) >= 11 is 0. The number of aromatic hydroxyl groups is 1. The Hall–Kier alpha value is -3.06. The fraction of sp³-hybridized carbons (Fsp3) is 0.370. The highest BCUT2D eigenvalue weighted by atomic mass is 32.2. The van der Waals surface area contributed by atoms with Crippen LogP contribution in [0.4, 0.5) is 5.69 Å². The maximum absolute atomic E-state index is 13.2. The SMILES string of the molecule is CCC(Cc1ccccc1)c1cc(O)c(C(c2cccc(NS(=O)(=O)CC)c2)C2CC2)c(=O)o1. The lowest BCUT2D eigenvalue weighted by Crippen LogP contribution is -2.18. The second-order valence-corrected chi connectivity index (χ2v) is 11.0. The minimum absolute atomic E-state index is 0.0267. The van der Waals surface area contributed by atoms with E-state index in [0.29, 0.717) is 17.9 Å². The lowest BCUT2D eigenvalue weighted by Gasteiger charge is -2.20. The van der Waals surface area contributed by atoms with E-state index in [4.69, 9.17) is 4.42 Å². The average molecular weight is 482 g/mol. The van der Waals surface area contributed by atoms with Crippen molar-refractivity contribution >= 4 is 15.7 Å². The third-order valence-electron chi connectivity index (χ3n) is 6.51. The predicted octanol–water partition coefficient (Wildman–Crippen LogP) is 5.39. The highest BCUT2D eigenvalue weighted by Gasteiger charge is 2.37. The fourth-order valence-electron chi connectivity index (χ4n) is 4.49. The minimum Gasteiger partial charge on any atom is -0.507 e. The third-order valence-corrected chi connectivity index (χ3v) is 7.82. The molecule has 1 aliphatic rings. The molecule has 0 spiro atoms. The molecular formula is C27H31NO5S. The standard InChI is InChI=1S/C27H31NO5S/c1-3-19(15-18-9-6-5-7-10-18)24-17-23(29)26(27(30)33-24)25(20-13-14-20)21-11-8-12-22(16-21)28-34(31,32)4-2/h5-12,16-17,19-20,25,28-29H,3-4,13-15H2,1-2H3. The van der Waals surface area contributed by atoms with Gasteiger partial charge in [-0.2, -0.15) is 0 Å². The van der Waals surface area contributed by atoms with Crippen LogP contribution >= 0.6 is 0 Å². The molecule has 2 atom stereocenters. The van der Waals surface area contributed by atoms with Crippen molar-refractivity contribution in [3.63, 3.8) is 0 Å². The largest absolute Gasteiger partial charge is 0.507 e. The number of hydrogen-bond donors (Lipinski definition) is 2. The van der Waals surface area contributed by atoms with E-state index in [1.54, 1.807) is 31.2 Å². The van der Waals surface area contributed by atoms with Crippen LogP contribution in [0.2, 0.25) is 0 Å². The van der Waals surface area contributed by atoms with Crippen molar-refractivity contribution in [3.8, 4) is 5.75 Å². The molecule has 1 fully saturated rings. The van der Waals surface area contributed by atoms with Gasteiger partial charge in [0.05, 0.1) is 11.3 Å². The van der Waals surface area contributed by atoms with Crippen molar-refractivity contribution in [2.45, 2.75) is 51.4 Å². The van der Waals surface area contributed by atoms with Gasteiger partial charge in [0, 0.05) is 23.6 Å². The van der Waals surface area contributed by atoms with Crippen LogP contribution in [0.5, 0.6) is 5.75 Å². The Morgan fingerprint density at radius 1 is 1.06 bits per heavy atom. The number of anilines is 1. The number of sulfonamides is 1. The number of rotatable bonds is 10. The van der Waals surface area contributed by atoms with Gasteiger partial charge < -0.3 is 9.52 Å². The number of benzene rings is 2. The summed E-state index contributed by atoms with van der Waals surface area (Å²) in [6, 6.07) is 18.6. The van der Waals surface area contributed by atoms with E-state index in [2.05, 4.69) is 4.72 Å². The molecule has 4 rings (SSSR count). The molecule has 7 heteroatoms. The Balaban J connectivity index is 1.68. The zero-order valence-corrected chi connectivity index (χ0v) is 20.3. The van der Waals surface area contributed by atoms with Gasteiger partial charge >= 0.3 is 5.63 Å². The van der Waals surface area contributed by atoms with Crippen LogP contribution in [0, 0.1) is 5.92 Å². The van der Waals surface area contributed by atoms with Gasteiger partial charge in [0.15, 0.2) is 0 Å². The monoisotopic (exact) mass is 481 g/mol. The first kappa shape index (κ1) is 24.1. The first-order valence-electron chi connectivity index (χ1n) is 11.8. The van der Waals surface area contributed by atoms with Crippen LogP contribution in [0.15, 0.2) is 69.9 Å². The molecular weight excluding hydrogens is 450 g/mol. The van der Waals surface area contributed by atoms with Gasteiger partial charge in [0.25, 0.3) is 0 Å². The molecule has 0 saturated heterocycles. The highest BCUT2D eigenvalue weighted by Crippen LogP contribution is 2.48. The molecule has 34 heavy (non-hydrogen) atoms. The Morgan fingerprint density at radius 2 is 1.79 bits per heavy atom. The van der Waals surface area contributed by atoms with Crippen LogP contribution in [0.25, 0.3) is 0 Å². The Morgan fingerprint density at radius 3 is 2.41 bits per heavy atom. The zero-order valence-electron chi connectivity index (χ0n) is 19.5. The molecule has 3 aromatic rings. The maximum Gasteiger partial charge on any atom is 0.343 e. The summed E-state index contributed by atoms with van der Waals surface area (Å²) in [6.45, 7) is 3.61. The van der Waals surface area contributed by atoms with Crippen molar-refractivity contribution in [1.82, 2.24) is 0 Å². The van der Waals surface area contributed by atoms with Crippen molar-refractivity contribution in [2.24, 2.45) is 5.92 Å². The first-order valence-corrected chi connectivity index (χ1v) is 13.5. The summed E-state index contributed by atoms with van der Waals surface area (Å²) in [5, 5.41) is 11.0. The summed E-state index contributed by atoms with van der Waals surface area (Å²) in [5.41, 5.74) is 2.09. The molecule has 2 unspecified atom stereocenters. The molecule has 0 radical (unpaired) electrons. The Kier molecular flexibility index (Phi) is 7.12. The summed E-state index contributed by atoms with van der Waals surface area (Å²) < 4.78 is 32.4. The van der Waals surface area contributed by atoms with E-state index in [0.717, 1.165) is 30.4 Å². The van der Waals surface area contributed by atoms with E-state index >= 15 is 0 Å². The van der Waals surface area contributed by atoms with Gasteiger partial charge in [-0.05, 0) is 61.8 Å². The molecule has 1 aromatic heterocycles. The predicted molar refractivity (Wildman–Crippen MR) is 134 cm³/mol. The van der Waals surface area contributed by atoms with Gasteiger partial charge in [-0.1, -0.05) is 49.4 Å². The van der Waals surface area contributed by atoms with E-state index in [1.807, 2.05) is 43.3 Å². The second kappa shape index (κ2) is 10.1. The van der Waals surface area contributed by atoms with Crippen molar-refractivity contribution in [1.29, 1.82) is 0 Å². The van der Waals surface area contributed by atoms with E-state index < -0.39 is 15.6 Å². The fourth-order valence-corrected chi connectivity index (χ4v) is 5.12. The summed E-state index contributed by atoms with van der Waals surface area (Å²) in [6.07, 6.45) is 3.34. The van der Waals surface area contributed by atoms with E-state index in [9.17, 15) is 18.3 Å². The van der Waals surface area contributed by atoms with Gasteiger partial charge in [0.2, 0.25) is 10.0 Å². The zero-order chi connectivity index (χ0) is 24.3. The number of nitrogens with one attached hydrogen (secondary N) is 1. The van der Waals surface area contributed by atoms with E-state index in [-0.39, 0.29) is 34.8 Å². The van der Waals surface area contributed by atoms with Crippen molar-refractivity contribution in [3.05, 3.63) is 93.5 Å². The second-order valence-electron chi connectivity index (χ2n) is 8.98. The molecule has 6 nitrogen and oxygen atoms in total. The Bertz CT molecular complexity index is 1300. The molecule has 0 amide bonds. The molecule has 2 aromatic carbocycles. The summed E-state index contributed by atoms with van der Waals surface area (Å²) in [7, 11) is -3.42. The summed E-state index contributed by atoms with van der Waals surface area (Å²) in [4.78, 5) is 13.2. The molecule has 180 valence electrons. The van der Waals surface area contributed by atoms with Gasteiger partial charge in [-0.15, -0.1) is 0 Å². The molecule has 1 aliphatic carbocycles. The van der Waals surface area contributed by atoms with Crippen LogP contribution in [-0.2, 0) is 16.4 Å². The maximum atomic E-state index is 13.2. The lowest BCUT2D eigenvalue weighted by atomic mass is 9.86. The highest BCUT2D eigenvalue weighted by molar-refractivity contribution is 7.92. The van der Waals surface area contributed by atoms with Crippen molar-refractivity contribution < 1.29 is 17.9 Å². The molecule has 0 bridgehead atoms. The summed E-state index contributed by atoms with van der Waals surface area (Å²) in [5.74, 6) is 0.207. The normalized spacial score (nSPS) is 15.6. The molecule has 1 saturated carbocycles. The Labute approximate surface area is 200 Å². The number of hydrogen-bond acceptors (Lipinski definition) is 5. The average Bonchev–Trinajstić information content (AvgIpc) is 3.65. The molecule has 2 N–H and O–H groups in total. The van der Waals surface area contributed by atoms with E-state index in [1.165, 1.54) is 0 Å². The van der Waals surface area contributed by atoms with Crippen LogP contribution in [-0.4, -0.2) is 19.3 Å². The topological polar surface area (TPSA) is 96.6 Å². The van der Waals surface area contributed by atoms with Gasteiger partial charge in [-0.25, -0.2) is 13.2 Å². The van der Waals surface area contributed by atoms with Crippen LogP contribution < -0.4 is 10.3 Å². The van der Waals surface area contributed by atoms with Crippen LogP contribution in [0.3, 0.4) is 0 Å². The molecule has 0 aliphatic heterocycles.